The topological polar surface area (TPSA) is 78.8 Å². The van der Waals surface area contributed by atoms with Crippen LogP contribution in [-0.2, 0) is 13.1 Å². The van der Waals surface area contributed by atoms with Gasteiger partial charge in [0.05, 0.1) is 11.9 Å². The number of H-pyrrole nitrogens is 1. The third kappa shape index (κ3) is 4.16. The standard InChI is InChI=1S/C25H28N6O/c1-18-9-7-8-14-30(18)17-20-11-6-5-10-19(20)15-26-25-28-23-22(24(32)29-25)16-27-31(23)21-12-3-2-4-13-21/h2-6,10-13,16,18H,7-9,14-15,17H2,1H3,(H2,26,28,29,32). The number of anilines is 1. The van der Waals surface area contributed by atoms with E-state index in [9.17, 15) is 4.79 Å². The van der Waals surface area contributed by atoms with Crippen molar-refractivity contribution in [2.75, 3.05) is 11.9 Å². The van der Waals surface area contributed by atoms with E-state index < -0.39 is 0 Å². The van der Waals surface area contributed by atoms with Crippen LogP contribution in [0.25, 0.3) is 16.7 Å². The number of para-hydroxylation sites is 1. The van der Waals surface area contributed by atoms with Gasteiger partial charge in [-0.2, -0.15) is 10.1 Å². The summed E-state index contributed by atoms with van der Waals surface area (Å²) in [5.74, 6) is 0.446. The molecule has 0 amide bonds. The van der Waals surface area contributed by atoms with Crippen LogP contribution in [0.1, 0.15) is 37.3 Å². The molecule has 0 bridgehead atoms. The van der Waals surface area contributed by atoms with Gasteiger partial charge in [0.15, 0.2) is 5.65 Å². The number of likely N-dealkylation sites (tertiary alicyclic amines) is 1. The minimum Gasteiger partial charge on any atom is -0.352 e. The number of fused-ring (bicyclic) bond motifs is 1. The monoisotopic (exact) mass is 428 g/mol. The van der Waals surface area contributed by atoms with Crippen LogP contribution in [0.3, 0.4) is 0 Å². The first kappa shape index (κ1) is 20.5. The van der Waals surface area contributed by atoms with Gasteiger partial charge in [0.1, 0.15) is 5.39 Å². The molecule has 1 unspecified atom stereocenters. The summed E-state index contributed by atoms with van der Waals surface area (Å²) in [6.45, 7) is 5.01. The maximum atomic E-state index is 12.6. The predicted molar refractivity (Wildman–Crippen MR) is 127 cm³/mol. The molecular weight excluding hydrogens is 400 g/mol. The molecule has 32 heavy (non-hydrogen) atoms. The number of hydrogen-bond acceptors (Lipinski definition) is 5. The van der Waals surface area contributed by atoms with E-state index in [1.165, 1.54) is 30.4 Å². The average molecular weight is 429 g/mol. The lowest BCUT2D eigenvalue weighted by molar-refractivity contribution is 0.152. The highest BCUT2D eigenvalue weighted by Crippen LogP contribution is 2.21. The molecule has 2 aromatic carbocycles. The first-order valence-corrected chi connectivity index (χ1v) is 11.3. The van der Waals surface area contributed by atoms with Crippen molar-refractivity contribution in [2.45, 2.75) is 45.3 Å². The highest BCUT2D eigenvalue weighted by molar-refractivity contribution is 5.76. The lowest BCUT2D eigenvalue weighted by Crippen LogP contribution is -2.37. The Labute approximate surface area is 187 Å². The molecule has 7 heteroatoms. The molecule has 3 heterocycles. The van der Waals surface area contributed by atoms with Crippen molar-refractivity contribution in [3.8, 4) is 5.69 Å². The summed E-state index contributed by atoms with van der Waals surface area (Å²) >= 11 is 0. The van der Waals surface area contributed by atoms with Gasteiger partial charge in [-0.15, -0.1) is 0 Å². The number of nitrogens with zero attached hydrogens (tertiary/aromatic N) is 4. The number of rotatable bonds is 6. The van der Waals surface area contributed by atoms with Gasteiger partial charge in [-0.05, 0) is 49.6 Å². The third-order valence-electron chi connectivity index (χ3n) is 6.32. The summed E-state index contributed by atoms with van der Waals surface area (Å²) < 4.78 is 1.70. The maximum absolute atomic E-state index is 12.6. The van der Waals surface area contributed by atoms with Crippen molar-refractivity contribution < 1.29 is 0 Å². The second-order valence-corrected chi connectivity index (χ2v) is 8.48. The minimum atomic E-state index is -0.199. The van der Waals surface area contributed by atoms with Crippen molar-refractivity contribution in [3.05, 3.63) is 82.3 Å². The van der Waals surface area contributed by atoms with Gasteiger partial charge in [-0.1, -0.05) is 48.9 Å². The smallest absolute Gasteiger partial charge is 0.263 e. The molecule has 1 saturated heterocycles. The summed E-state index contributed by atoms with van der Waals surface area (Å²) in [7, 11) is 0. The first-order chi connectivity index (χ1) is 15.7. The summed E-state index contributed by atoms with van der Waals surface area (Å²) in [4.78, 5) is 22.7. The van der Waals surface area contributed by atoms with Crippen LogP contribution in [0.4, 0.5) is 5.95 Å². The van der Waals surface area contributed by atoms with Gasteiger partial charge in [-0.25, -0.2) is 4.68 Å². The molecule has 7 nitrogen and oxygen atoms in total. The molecule has 164 valence electrons. The molecule has 0 radical (unpaired) electrons. The van der Waals surface area contributed by atoms with E-state index in [0.29, 0.717) is 29.6 Å². The molecule has 2 N–H and O–H groups in total. The zero-order valence-electron chi connectivity index (χ0n) is 18.3. The van der Waals surface area contributed by atoms with Crippen molar-refractivity contribution in [1.82, 2.24) is 24.6 Å². The van der Waals surface area contributed by atoms with Crippen molar-refractivity contribution in [1.29, 1.82) is 0 Å². The number of aromatic nitrogens is 4. The Morgan fingerprint density at radius 2 is 1.84 bits per heavy atom. The molecule has 0 saturated carbocycles. The van der Waals surface area contributed by atoms with E-state index in [2.05, 4.69) is 56.5 Å². The van der Waals surface area contributed by atoms with Gasteiger partial charge >= 0.3 is 0 Å². The highest BCUT2D eigenvalue weighted by atomic mass is 16.1. The van der Waals surface area contributed by atoms with Crippen LogP contribution in [0.15, 0.2) is 65.6 Å². The Bertz CT molecular complexity index is 1260. The van der Waals surface area contributed by atoms with Gasteiger partial charge in [0.2, 0.25) is 5.95 Å². The molecule has 5 rings (SSSR count). The lowest BCUT2D eigenvalue weighted by Gasteiger charge is -2.33. The average Bonchev–Trinajstić information content (AvgIpc) is 3.25. The van der Waals surface area contributed by atoms with Crippen molar-refractivity contribution >= 4 is 17.0 Å². The van der Waals surface area contributed by atoms with Gasteiger partial charge in [0.25, 0.3) is 5.56 Å². The Morgan fingerprint density at radius 3 is 2.66 bits per heavy atom. The molecule has 4 aromatic rings. The summed E-state index contributed by atoms with van der Waals surface area (Å²) in [5, 5.41) is 8.17. The highest BCUT2D eigenvalue weighted by Gasteiger charge is 2.19. The third-order valence-corrected chi connectivity index (χ3v) is 6.32. The predicted octanol–water partition coefficient (Wildman–Crippen LogP) is 4.10. The van der Waals surface area contributed by atoms with E-state index in [1.54, 1.807) is 10.9 Å². The summed E-state index contributed by atoms with van der Waals surface area (Å²) in [6.07, 6.45) is 5.42. The second kappa shape index (κ2) is 8.96. The largest absolute Gasteiger partial charge is 0.352 e. The van der Waals surface area contributed by atoms with E-state index in [1.807, 2.05) is 30.3 Å². The van der Waals surface area contributed by atoms with Crippen LogP contribution in [0.5, 0.6) is 0 Å². The maximum Gasteiger partial charge on any atom is 0.263 e. The lowest BCUT2D eigenvalue weighted by atomic mass is 10.0. The van der Waals surface area contributed by atoms with Crippen LogP contribution in [0, 0.1) is 0 Å². The van der Waals surface area contributed by atoms with Crippen molar-refractivity contribution in [3.63, 3.8) is 0 Å². The van der Waals surface area contributed by atoms with E-state index >= 15 is 0 Å². The van der Waals surface area contributed by atoms with E-state index in [4.69, 9.17) is 0 Å². The Hall–Kier alpha value is -3.45. The molecule has 0 aliphatic carbocycles. The Kier molecular flexibility index (Phi) is 5.73. The van der Waals surface area contributed by atoms with Gasteiger partial charge < -0.3 is 5.32 Å². The number of benzene rings is 2. The number of nitrogens with one attached hydrogen (secondary N) is 2. The fraction of sp³-hybridized carbons (Fsp3) is 0.320. The fourth-order valence-corrected chi connectivity index (χ4v) is 4.43. The molecular formula is C25H28N6O. The normalized spacial score (nSPS) is 17.0. The van der Waals surface area contributed by atoms with Crippen LogP contribution in [-0.4, -0.2) is 37.2 Å². The fourth-order valence-electron chi connectivity index (χ4n) is 4.43. The second-order valence-electron chi connectivity index (χ2n) is 8.48. The first-order valence-electron chi connectivity index (χ1n) is 11.3. The quantitative estimate of drug-likeness (QED) is 0.484. The SMILES string of the molecule is CC1CCCCN1Cc1ccccc1CNc1nc2c(cnn2-c2ccccc2)c(=O)[nH]1. The molecule has 1 aliphatic rings. The van der Waals surface area contributed by atoms with E-state index in [-0.39, 0.29) is 5.56 Å². The number of hydrogen-bond donors (Lipinski definition) is 2. The minimum absolute atomic E-state index is 0.199. The van der Waals surface area contributed by atoms with Crippen molar-refractivity contribution in [2.24, 2.45) is 0 Å². The zero-order chi connectivity index (χ0) is 21.9. The zero-order valence-corrected chi connectivity index (χ0v) is 18.3. The van der Waals surface area contributed by atoms with E-state index in [0.717, 1.165) is 18.8 Å². The van der Waals surface area contributed by atoms with Crippen LogP contribution in [0.2, 0.25) is 0 Å². The molecule has 2 aromatic heterocycles. The molecule has 1 atom stereocenters. The van der Waals surface area contributed by atoms with Gasteiger partial charge in [0, 0.05) is 19.1 Å². The molecule has 1 aliphatic heterocycles. The van der Waals surface area contributed by atoms with Gasteiger partial charge in [-0.3, -0.25) is 14.7 Å². The summed E-state index contributed by atoms with van der Waals surface area (Å²) in [6, 6.07) is 18.8. The Morgan fingerprint density at radius 1 is 1.06 bits per heavy atom. The summed E-state index contributed by atoms with van der Waals surface area (Å²) in [5.41, 5.74) is 3.73. The van der Waals surface area contributed by atoms with Crippen LogP contribution >= 0.6 is 0 Å². The number of piperidine rings is 1. The molecule has 0 spiro atoms. The Balaban J connectivity index is 1.39. The molecule has 1 fully saturated rings. The van der Waals surface area contributed by atoms with Crippen LogP contribution < -0.4 is 10.9 Å². The number of aromatic amines is 1.